The number of Topliss-reactive ketones (excluding diaryl/α,β-unsaturated/α-hetero) is 1. The lowest BCUT2D eigenvalue weighted by molar-refractivity contribution is -0.147. The quantitative estimate of drug-likeness (QED) is 0.558. The summed E-state index contributed by atoms with van der Waals surface area (Å²) in [6.45, 7) is 2.04. The average molecular weight is 207 g/mol. The number of halogens is 2. The molecule has 0 aromatic heterocycles. The molecular formula is C9H12Cl2O. The third-order valence-corrected chi connectivity index (χ3v) is 4.79. The van der Waals surface area contributed by atoms with Gasteiger partial charge in [0, 0.05) is 11.3 Å². The maximum absolute atomic E-state index is 11.5. The fourth-order valence-electron chi connectivity index (χ4n) is 2.55. The summed E-state index contributed by atoms with van der Waals surface area (Å²) in [6.07, 6.45) is 4.28. The molecular weight excluding hydrogens is 195 g/mol. The zero-order chi connectivity index (χ0) is 8.98. The summed E-state index contributed by atoms with van der Waals surface area (Å²) in [5.74, 6) is 0.189. The van der Waals surface area contributed by atoms with Crippen molar-refractivity contribution >= 4 is 29.0 Å². The van der Waals surface area contributed by atoms with Crippen LogP contribution in [0.1, 0.15) is 32.6 Å². The highest BCUT2D eigenvalue weighted by Crippen LogP contribution is 2.63. The van der Waals surface area contributed by atoms with Gasteiger partial charge in [0.25, 0.3) is 0 Å². The zero-order valence-corrected chi connectivity index (χ0v) is 8.58. The molecule has 0 aromatic rings. The first-order valence-electron chi connectivity index (χ1n) is 4.42. The fourth-order valence-corrected chi connectivity index (χ4v) is 3.27. The van der Waals surface area contributed by atoms with Gasteiger partial charge in [0.2, 0.25) is 0 Å². The Balaban J connectivity index is 2.29. The number of rotatable bonds is 0. The van der Waals surface area contributed by atoms with Crippen LogP contribution in [0.25, 0.3) is 0 Å². The Morgan fingerprint density at radius 3 is 2.67 bits per heavy atom. The van der Waals surface area contributed by atoms with Gasteiger partial charge in [-0.15, -0.1) is 0 Å². The summed E-state index contributed by atoms with van der Waals surface area (Å²) in [7, 11) is 0. The summed E-state index contributed by atoms with van der Waals surface area (Å²) in [5.41, 5.74) is -0.133. The van der Waals surface area contributed by atoms with Gasteiger partial charge in [-0.25, -0.2) is 0 Å². The molecule has 0 spiro atoms. The van der Waals surface area contributed by atoms with E-state index in [4.69, 9.17) is 23.2 Å². The van der Waals surface area contributed by atoms with Crippen molar-refractivity contribution in [3.63, 3.8) is 0 Å². The first-order valence-corrected chi connectivity index (χ1v) is 5.18. The van der Waals surface area contributed by atoms with Crippen molar-refractivity contribution in [2.75, 3.05) is 0 Å². The molecule has 68 valence electrons. The molecule has 0 amide bonds. The molecule has 0 aromatic carbocycles. The van der Waals surface area contributed by atoms with Gasteiger partial charge in [0.1, 0.15) is 0 Å². The lowest BCUT2D eigenvalue weighted by Crippen LogP contribution is -2.65. The molecule has 0 radical (unpaired) electrons. The Morgan fingerprint density at radius 2 is 2.08 bits per heavy atom. The van der Waals surface area contributed by atoms with E-state index in [1.165, 1.54) is 0 Å². The van der Waals surface area contributed by atoms with Crippen LogP contribution in [0.5, 0.6) is 0 Å². The first kappa shape index (κ1) is 8.83. The Hall–Kier alpha value is 0.250. The first-order chi connectivity index (χ1) is 5.50. The summed E-state index contributed by atoms with van der Waals surface area (Å²) >= 11 is 12.0. The van der Waals surface area contributed by atoms with Crippen LogP contribution in [-0.4, -0.2) is 10.1 Å². The van der Waals surface area contributed by atoms with Gasteiger partial charge in [-0.1, -0.05) is 43.0 Å². The summed E-state index contributed by atoms with van der Waals surface area (Å²) in [4.78, 5) is 11.5. The molecule has 2 rings (SSSR count). The third kappa shape index (κ3) is 0.793. The monoisotopic (exact) mass is 206 g/mol. The highest BCUT2D eigenvalue weighted by atomic mass is 35.5. The maximum Gasteiger partial charge on any atom is 0.182 e. The summed E-state index contributed by atoms with van der Waals surface area (Å²) in [6, 6.07) is 0. The molecule has 0 heterocycles. The lowest BCUT2D eigenvalue weighted by atomic mass is 9.53. The molecule has 2 aliphatic rings. The third-order valence-electron chi connectivity index (χ3n) is 3.55. The molecule has 0 saturated heterocycles. The van der Waals surface area contributed by atoms with Crippen LogP contribution >= 0.6 is 23.2 Å². The summed E-state index contributed by atoms with van der Waals surface area (Å²) < 4.78 is -1.09. The van der Waals surface area contributed by atoms with Crippen LogP contribution < -0.4 is 0 Å². The second kappa shape index (κ2) is 2.39. The van der Waals surface area contributed by atoms with Gasteiger partial charge in [0.05, 0.1) is 0 Å². The number of hydrogen-bond donors (Lipinski definition) is 0. The number of fused-ring (bicyclic) bond motifs is 1. The molecule has 0 bridgehead atoms. The Kier molecular flexibility index (Phi) is 1.76. The fraction of sp³-hybridized carbons (Fsp3) is 0.889. The highest BCUT2D eigenvalue weighted by Gasteiger charge is 2.68. The number of carbonyl (C=O) groups excluding carboxylic acids is 1. The summed E-state index contributed by atoms with van der Waals surface area (Å²) in [5, 5.41) is 0. The predicted molar refractivity (Wildman–Crippen MR) is 49.5 cm³/mol. The van der Waals surface area contributed by atoms with Crippen molar-refractivity contribution in [1.29, 1.82) is 0 Å². The van der Waals surface area contributed by atoms with Crippen LogP contribution in [0.15, 0.2) is 0 Å². The number of hydrogen-bond acceptors (Lipinski definition) is 1. The molecule has 3 heteroatoms. The Morgan fingerprint density at radius 1 is 1.42 bits per heavy atom. The van der Waals surface area contributed by atoms with E-state index >= 15 is 0 Å². The van der Waals surface area contributed by atoms with Crippen LogP contribution in [0, 0.1) is 11.3 Å². The van der Waals surface area contributed by atoms with E-state index in [-0.39, 0.29) is 17.1 Å². The molecule has 0 aliphatic heterocycles. The highest BCUT2D eigenvalue weighted by molar-refractivity contribution is 6.61. The van der Waals surface area contributed by atoms with Gasteiger partial charge in [-0.2, -0.15) is 0 Å². The number of carbonyl (C=O) groups is 1. The number of ketones is 1. The molecule has 2 atom stereocenters. The van der Waals surface area contributed by atoms with E-state index in [0.717, 1.165) is 25.7 Å². The van der Waals surface area contributed by atoms with Gasteiger partial charge in [-0.05, 0) is 12.8 Å². The largest absolute Gasteiger partial charge is 0.296 e. The lowest BCUT2D eigenvalue weighted by Gasteiger charge is -2.57. The normalized spacial score (nSPS) is 44.9. The van der Waals surface area contributed by atoms with Crippen molar-refractivity contribution in [3.8, 4) is 0 Å². The van der Waals surface area contributed by atoms with E-state index < -0.39 is 4.33 Å². The van der Waals surface area contributed by atoms with Crippen LogP contribution in [0.3, 0.4) is 0 Å². The molecule has 12 heavy (non-hydrogen) atoms. The van der Waals surface area contributed by atoms with Crippen molar-refractivity contribution in [2.24, 2.45) is 11.3 Å². The second-order valence-electron chi connectivity index (χ2n) is 4.15. The van der Waals surface area contributed by atoms with E-state index in [2.05, 4.69) is 0 Å². The molecule has 2 aliphatic carbocycles. The topological polar surface area (TPSA) is 17.1 Å². The minimum atomic E-state index is -1.09. The zero-order valence-electron chi connectivity index (χ0n) is 7.07. The predicted octanol–water partition coefficient (Wildman–Crippen LogP) is 2.94. The van der Waals surface area contributed by atoms with Crippen molar-refractivity contribution < 1.29 is 4.79 Å². The van der Waals surface area contributed by atoms with Crippen molar-refractivity contribution in [3.05, 3.63) is 0 Å². The van der Waals surface area contributed by atoms with Gasteiger partial charge in [0.15, 0.2) is 10.1 Å². The Labute approximate surface area is 82.4 Å². The smallest absolute Gasteiger partial charge is 0.182 e. The van der Waals surface area contributed by atoms with E-state index in [1.807, 2.05) is 6.92 Å². The molecule has 0 unspecified atom stereocenters. The van der Waals surface area contributed by atoms with Crippen molar-refractivity contribution in [1.82, 2.24) is 0 Å². The van der Waals surface area contributed by atoms with Gasteiger partial charge < -0.3 is 0 Å². The second-order valence-corrected chi connectivity index (χ2v) is 5.48. The average Bonchev–Trinajstić information content (AvgIpc) is 2.04. The molecule has 2 fully saturated rings. The van der Waals surface area contributed by atoms with Crippen molar-refractivity contribution in [2.45, 2.75) is 36.9 Å². The van der Waals surface area contributed by atoms with Crippen LogP contribution in [0.4, 0.5) is 0 Å². The minimum absolute atomic E-state index is 0.0491. The molecule has 1 nitrogen and oxygen atoms in total. The van der Waals surface area contributed by atoms with Crippen LogP contribution in [-0.2, 0) is 4.79 Å². The van der Waals surface area contributed by atoms with Gasteiger partial charge in [-0.3, -0.25) is 4.79 Å². The van der Waals surface area contributed by atoms with Crippen LogP contribution in [0.2, 0.25) is 0 Å². The standard InChI is InChI=1S/C9H12Cl2O/c1-8-5-3-2-4-6(8)7(12)9(8,10)11/h6H,2-5H2,1H3/t6-,8-/m0/s1. The van der Waals surface area contributed by atoms with E-state index in [1.54, 1.807) is 0 Å². The molecule has 0 N–H and O–H groups in total. The molecule has 2 saturated carbocycles. The maximum atomic E-state index is 11.5. The van der Waals surface area contributed by atoms with E-state index in [9.17, 15) is 4.79 Å². The SMILES string of the molecule is C[C@]12CCCC[C@H]1C(=O)C2(Cl)Cl. The minimum Gasteiger partial charge on any atom is -0.296 e. The Bertz CT molecular complexity index is 237. The number of alkyl halides is 2. The van der Waals surface area contributed by atoms with Gasteiger partial charge >= 0.3 is 0 Å². The van der Waals surface area contributed by atoms with E-state index in [0.29, 0.717) is 0 Å².